The molecule has 0 radical (unpaired) electrons. The Kier molecular flexibility index (Phi) is 3.14. The molecule has 0 saturated carbocycles. The molecule has 0 fully saturated rings. The van der Waals surface area contributed by atoms with Crippen molar-refractivity contribution < 1.29 is 9.50 Å². The van der Waals surface area contributed by atoms with Gasteiger partial charge in [0.2, 0.25) is 0 Å². The molecular formula is C15H15FO. The van der Waals surface area contributed by atoms with Gasteiger partial charge in [0.1, 0.15) is 11.6 Å². The molecule has 0 saturated heterocycles. The van der Waals surface area contributed by atoms with Gasteiger partial charge in [-0.25, -0.2) is 4.39 Å². The van der Waals surface area contributed by atoms with Gasteiger partial charge in [0.25, 0.3) is 0 Å². The molecule has 0 unspecified atom stereocenters. The molecule has 0 aliphatic heterocycles. The highest BCUT2D eigenvalue weighted by Gasteiger charge is 2.07. The molecule has 0 aliphatic carbocycles. The van der Waals surface area contributed by atoms with Crippen LogP contribution in [0.25, 0.3) is 11.1 Å². The Balaban J connectivity index is 2.49. The summed E-state index contributed by atoms with van der Waals surface area (Å²) in [6.45, 7) is 4.23. The first kappa shape index (κ1) is 11.6. The lowest BCUT2D eigenvalue weighted by atomic mass is 9.97. The van der Waals surface area contributed by atoms with E-state index in [1.165, 1.54) is 11.6 Å². The van der Waals surface area contributed by atoms with E-state index in [9.17, 15) is 9.50 Å². The second kappa shape index (κ2) is 4.58. The van der Waals surface area contributed by atoms with Gasteiger partial charge in [0.05, 0.1) is 0 Å². The Morgan fingerprint density at radius 1 is 1.06 bits per heavy atom. The average Bonchev–Trinajstić information content (AvgIpc) is 2.29. The Labute approximate surface area is 101 Å². The largest absolute Gasteiger partial charge is 0.507 e. The summed E-state index contributed by atoms with van der Waals surface area (Å²) in [5.74, 6) is -0.0188. The van der Waals surface area contributed by atoms with Crippen molar-refractivity contribution in [1.82, 2.24) is 0 Å². The molecule has 2 heteroatoms. The predicted octanol–water partition coefficient (Wildman–Crippen LogP) is 4.32. The fourth-order valence-electron chi connectivity index (χ4n) is 1.81. The van der Waals surface area contributed by atoms with Crippen molar-refractivity contribution in [3.63, 3.8) is 0 Å². The van der Waals surface area contributed by atoms with Crippen LogP contribution in [0.3, 0.4) is 0 Å². The van der Waals surface area contributed by atoms with Crippen molar-refractivity contribution in [1.29, 1.82) is 0 Å². The van der Waals surface area contributed by atoms with Crippen LogP contribution in [0.15, 0.2) is 42.5 Å². The maximum absolute atomic E-state index is 12.9. The second-order valence-electron chi connectivity index (χ2n) is 4.44. The van der Waals surface area contributed by atoms with Crippen LogP contribution in [-0.2, 0) is 0 Å². The summed E-state index contributed by atoms with van der Waals surface area (Å²) in [5.41, 5.74) is 2.77. The van der Waals surface area contributed by atoms with Crippen LogP contribution >= 0.6 is 0 Å². The topological polar surface area (TPSA) is 20.2 Å². The number of rotatable bonds is 2. The molecule has 0 aromatic heterocycles. The number of hydrogen-bond acceptors (Lipinski definition) is 1. The fourth-order valence-corrected chi connectivity index (χ4v) is 1.81. The third-order valence-corrected chi connectivity index (χ3v) is 2.82. The lowest BCUT2D eigenvalue weighted by molar-refractivity contribution is 0.471. The summed E-state index contributed by atoms with van der Waals surface area (Å²) >= 11 is 0. The third-order valence-electron chi connectivity index (χ3n) is 2.82. The van der Waals surface area contributed by atoms with Crippen LogP contribution in [0.2, 0.25) is 0 Å². The zero-order valence-electron chi connectivity index (χ0n) is 9.94. The van der Waals surface area contributed by atoms with Crippen LogP contribution in [0.4, 0.5) is 4.39 Å². The van der Waals surface area contributed by atoms with E-state index in [1.807, 2.05) is 18.2 Å². The minimum absolute atomic E-state index is 0.0223. The second-order valence-corrected chi connectivity index (χ2v) is 4.44. The highest BCUT2D eigenvalue weighted by Crippen LogP contribution is 2.31. The molecular weight excluding hydrogens is 215 g/mol. The van der Waals surface area contributed by atoms with Gasteiger partial charge in [-0.15, -0.1) is 0 Å². The maximum Gasteiger partial charge on any atom is 0.126 e. The Hall–Kier alpha value is -1.83. The van der Waals surface area contributed by atoms with E-state index in [-0.39, 0.29) is 5.75 Å². The standard InChI is InChI=1S/C15H15FO/c1-10(2)11-4-3-5-12(8-11)14-7-6-13(16)9-15(14)17/h3-10,17H,1-2H3. The molecule has 17 heavy (non-hydrogen) atoms. The van der Waals surface area contributed by atoms with Crippen LogP contribution < -0.4 is 0 Å². The Morgan fingerprint density at radius 3 is 2.47 bits per heavy atom. The highest BCUT2D eigenvalue weighted by atomic mass is 19.1. The van der Waals surface area contributed by atoms with Crippen LogP contribution in [0.5, 0.6) is 5.75 Å². The normalized spacial score (nSPS) is 10.8. The first-order valence-electron chi connectivity index (χ1n) is 5.67. The smallest absolute Gasteiger partial charge is 0.126 e. The molecule has 88 valence electrons. The monoisotopic (exact) mass is 230 g/mol. The van der Waals surface area contributed by atoms with E-state index in [4.69, 9.17) is 0 Å². The maximum atomic E-state index is 12.9. The average molecular weight is 230 g/mol. The SMILES string of the molecule is CC(C)c1cccc(-c2ccc(F)cc2O)c1. The molecule has 2 aromatic carbocycles. The van der Waals surface area contributed by atoms with Gasteiger partial charge >= 0.3 is 0 Å². The van der Waals surface area contributed by atoms with Gasteiger partial charge in [-0.2, -0.15) is 0 Å². The van der Waals surface area contributed by atoms with Crippen molar-refractivity contribution in [2.45, 2.75) is 19.8 Å². The van der Waals surface area contributed by atoms with Crippen LogP contribution in [0, 0.1) is 5.82 Å². The summed E-state index contributed by atoms with van der Waals surface area (Å²) < 4.78 is 12.9. The van der Waals surface area contributed by atoms with Crippen molar-refractivity contribution in [2.75, 3.05) is 0 Å². The predicted molar refractivity (Wildman–Crippen MR) is 67.6 cm³/mol. The molecule has 0 heterocycles. The van der Waals surface area contributed by atoms with Crippen molar-refractivity contribution >= 4 is 0 Å². The summed E-state index contributed by atoms with van der Waals surface area (Å²) in [7, 11) is 0. The zero-order valence-corrected chi connectivity index (χ0v) is 9.94. The van der Waals surface area contributed by atoms with Crippen molar-refractivity contribution in [2.24, 2.45) is 0 Å². The third kappa shape index (κ3) is 2.47. The van der Waals surface area contributed by atoms with E-state index in [2.05, 4.69) is 19.9 Å². The first-order valence-corrected chi connectivity index (χ1v) is 5.67. The lowest BCUT2D eigenvalue weighted by Gasteiger charge is -2.09. The van der Waals surface area contributed by atoms with Gasteiger partial charge in [-0.1, -0.05) is 38.1 Å². The number of phenolic OH excluding ortho intramolecular Hbond substituents is 1. The van der Waals surface area contributed by atoms with E-state index in [0.29, 0.717) is 11.5 Å². The first-order chi connectivity index (χ1) is 8.08. The number of hydrogen-bond donors (Lipinski definition) is 1. The zero-order chi connectivity index (χ0) is 12.4. The molecule has 0 amide bonds. The Bertz CT molecular complexity index is 532. The van der Waals surface area contributed by atoms with E-state index in [1.54, 1.807) is 6.07 Å². The van der Waals surface area contributed by atoms with E-state index in [0.717, 1.165) is 11.6 Å². The van der Waals surface area contributed by atoms with Gasteiger partial charge in [-0.3, -0.25) is 0 Å². The van der Waals surface area contributed by atoms with Crippen molar-refractivity contribution in [3.05, 3.63) is 53.8 Å². The molecule has 0 aliphatic rings. The van der Waals surface area contributed by atoms with E-state index >= 15 is 0 Å². The molecule has 0 spiro atoms. The van der Waals surface area contributed by atoms with Gasteiger partial charge < -0.3 is 5.11 Å². The van der Waals surface area contributed by atoms with Gasteiger partial charge in [-0.05, 0) is 29.2 Å². The van der Waals surface area contributed by atoms with E-state index < -0.39 is 5.82 Å². The quantitative estimate of drug-likeness (QED) is 0.814. The molecule has 2 aromatic rings. The Morgan fingerprint density at radius 2 is 1.82 bits per heavy atom. The molecule has 2 rings (SSSR count). The van der Waals surface area contributed by atoms with Gasteiger partial charge in [0.15, 0.2) is 0 Å². The van der Waals surface area contributed by atoms with Crippen LogP contribution in [-0.4, -0.2) is 5.11 Å². The van der Waals surface area contributed by atoms with Crippen molar-refractivity contribution in [3.8, 4) is 16.9 Å². The summed E-state index contributed by atoms with van der Waals surface area (Å²) in [5, 5.41) is 9.73. The number of phenols is 1. The molecule has 1 nitrogen and oxygen atoms in total. The summed E-state index contributed by atoms with van der Waals surface area (Å²) in [4.78, 5) is 0. The molecule has 0 bridgehead atoms. The fraction of sp³-hybridized carbons (Fsp3) is 0.200. The minimum atomic E-state index is -0.425. The highest BCUT2D eigenvalue weighted by molar-refractivity contribution is 5.70. The molecule has 0 atom stereocenters. The summed E-state index contributed by atoms with van der Waals surface area (Å²) in [6.07, 6.45) is 0. The summed E-state index contributed by atoms with van der Waals surface area (Å²) in [6, 6.07) is 12.0. The minimum Gasteiger partial charge on any atom is -0.507 e. The number of aromatic hydroxyl groups is 1. The number of benzene rings is 2. The molecule has 1 N–H and O–H groups in total. The van der Waals surface area contributed by atoms with Gasteiger partial charge in [0, 0.05) is 11.6 Å². The van der Waals surface area contributed by atoms with Crippen LogP contribution in [0.1, 0.15) is 25.3 Å². The lowest BCUT2D eigenvalue weighted by Crippen LogP contribution is -1.88. The number of halogens is 1.